The van der Waals surface area contributed by atoms with Crippen LogP contribution in [0.2, 0.25) is 0 Å². The summed E-state index contributed by atoms with van der Waals surface area (Å²) in [4.78, 5) is 20.0. The van der Waals surface area contributed by atoms with Crippen LogP contribution in [-0.2, 0) is 4.79 Å². The molecule has 2 aromatic heterocycles. The van der Waals surface area contributed by atoms with Crippen LogP contribution in [0.25, 0.3) is 16.5 Å². The minimum atomic E-state index is -0.155. The van der Waals surface area contributed by atoms with Gasteiger partial charge in [-0.15, -0.1) is 0 Å². The standard InChI is InChI=1S/C32H29N5OS/c1-22-10-2-5-16-27(22)36-20-9-17-28(36)31-30(26-14-6-7-19-33-26)35-32(39)37(31)21-18-29(38)34-25-15-8-12-23-11-3-4-13-24(23)25/h2-17,19-20,30-31H,18,21H2,1H3,(H,34,38)(H,35,39)/t30-,31+/m0/s1. The van der Waals surface area contributed by atoms with E-state index >= 15 is 0 Å². The summed E-state index contributed by atoms with van der Waals surface area (Å²) < 4.78 is 2.22. The van der Waals surface area contributed by atoms with Crippen molar-refractivity contribution in [2.24, 2.45) is 0 Å². The maximum Gasteiger partial charge on any atom is 0.226 e. The van der Waals surface area contributed by atoms with Crippen molar-refractivity contribution in [2.45, 2.75) is 25.4 Å². The molecule has 6 nitrogen and oxygen atoms in total. The number of thiocarbonyl (C=S) groups is 1. The first-order chi connectivity index (χ1) is 19.1. The number of nitrogens with zero attached hydrogens (tertiary/aromatic N) is 3. The minimum absolute atomic E-state index is 0.0523. The summed E-state index contributed by atoms with van der Waals surface area (Å²) >= 11 is 5.85. The Morgan fingerprint density at radius 3 is 2.59 bits per heavy atom. The molecule has 1 amide bonds. The highest BCUT2D eigenvalue weighted by Crippen LogP contribution is 2.40. The van der Waals surface area contributed by atoms with E-state index in [0.717, 1.165) is 33.5 Å². The number of amides is 1. The van der Waals surface area contributed by atoms with Crippen LogP contribution in [0, 0.1) is 6.92 Å². The molecule has 6 rings (SSSR count). The molecular weight excluding hydrogens is 502 g/mol. The molecule has 0 spiro atoms. The quantitative estimate of drug-likeness (QED) is 0.240. The molecule has 3 heterocycles. The van der Waals surface area contributed by atoms with E-state index in [-0.39, 0.29) is 18.0 Å². The molecule has 0 aliphatic carbocycles. The van der Waals surface area contributed by atoms with E-state index in [1.165, 1.54) is 5.56 Å². The van der Waals surface area contributed by atoms with Crippen LogP contribution < -0.4 is 10.6 Å². The molecule has 0 unspecified atom stereocenters. The second kappa shape index (κ2) is 10.7. The van der Waals surface area contributed by atoms with Gasteiger partial charge in [0.15, 0.2) is 5.11 Å². The van der Waals surface area contributed by atoms with Gasteiger partial charge < -0.3 is 20.1 Å². The molecule has 1 aliphatic rings. The van der Waals surface area contributed by atoms with E-state index in [1.54, 1.807) is 6.20 Å². The number of carbonyl (C=O) groups excluding carboxylic acids is 1. The van der Waals surface area contributed by atoms with E-state index in [2.05, 4.69) is 68.5 Å². The number of anilines is 1. The Balaban J connectivity index is 1.30. The van der Waals surface area contributed by atoms with E-state index in [4.69, 9.17) is 12.2 Å². The topological polar surface area (TPSA) is 62.2 Å². The van der Waals surface area contributed by atoms with Crippen molar-refractivity contribution in [1.29, 1.82) is 0 Å². The lowest BCUT2D eigenvalue weighted by molar-refractivity contribution is -0.116. The van der Waals surface area contributed by atoms with Gasteiger partial charge in [0.25, 0.3) is 0 Å². The van der Waals surface area contributed by atoms with Crippen LogP contribution in [0.4, 0.5) is 5.69 Å². The molecule has 3 aromatic carbocycles. The first-order valence-electron chi connectivity index (χ1n) is 13.1. The summed E-state index contributed by atoms with van der Waals surface area (Å²) in [7, 11) is 0. The molecule has 2 atom stereocenters. The highest BCUT2D eigenvalue weighted by atomic mass is 32.1. The van der Waals surface area contributed by atoms with Crippen molar-refractivity contribution in [2.75, 3.05) is 11.9 Å². The number of nitrogens with one attached hydrogen (secondary N) is 2. The molecule has 1 saturated heterocycles. The van der Waals surface area contributed by atoms with E-state index in [9.17, 15) is 4.79 Å². The maximum atomic E-state index is 13.2. The number of aromatic nitrogens is 2. The van der Waals surface area contributed by atoms with Crippen molar-refractivity contribution >= 4 is 39.7 Å². The smallest absolute Gasteiger partial charge is 0.226 e. The molecule has 2 N–H and O–H groups in total. The zero-order chi connectivity index (χ0) is 26.8. The van der Waals surface area contributed by atoms with Gasteiger partial charge in [0.2, 0.25) is 5.91 Å². The molecule has 7 heteroatoms. The molecule has 194 valence electrons. The number of carbonyl (C=O) groups is 1. The summed E-state index contributed by atoms with van der Waals surface area (Å²) in [6.45, 7) is 2.58. The van der Waals surface area contributed by atoms with Crippen LogP contribution in [0.3, 0.4) is 0 Å². The van der Waals surface area contributed by atoms with Gasteiger partial charge in [-0.3, -0.25) is 9.78 Å². The Hall–Kier alpha value is -4.49. The number of benzene rings is 3. The van der Waals surface area contributed by atoms with Gasteiger partial charge >= 0.3 is 0 Å². The van der Waals surface area contributed by atoms with Gasteiger partial charge in [-0.1, -0.05) is 60.7 Å². The third kappa shape index (κ3) is 4.89. The number of rotatable bonds is 7. The fourth-order valence-electron chi connectivity index (χ4n) is 5.43. The Labute approximate surface area is 233 Å². The predicted octanol–water partition coefficient (Wildman–Crippen LogP) is 6.34. The van der Waals surface area contributed by atoms with Crippen LogP contribution >= 0.6 is 12.2 Å². The highest BCUT2D eigenvalue weighted by molar-refractivity contribution is 7.80. The number of aryl methyl sites for hydroxylation is 1. The van der Waals surface area contributed by atoms with Gasteiger partial charge in [0.05, 0.1) is 17.8 Å². The van der Waals surface area contributed by atoms with Crippen molar-refractivity contribution in [3.8, 4) is 5.69 Å². The third-order valence-electron chi connectivity index (χ3n) is 7.30. The largest absolute Gasteiger partial charge is 0.352 e. The molecule has 1 aliphatic heterocycles. The number of hydrogen-bond donors (Lipinski definition) is 2. The summed E-state index contributed by atoms with van der Waals surface area (Å²) in [6.07, 6.45) is 4.18. The summed E-state index contributed by atoms with van der Waals surface area (Å²) in [5.41, 5.74) is 5.10. The highest BCUT2D eigenvalue weighted by Gasteiger charge is 2.41. The Morgan fingerprint density at radius 1 is 0.949 bits per heavy atom. The van der Waals surface area contributed by atoms with Crippen LogP contribution in [-0.4, -0.2) is 32.0 Å². The summed E-state index contributed by atoms with van der Waals surface area (Å²) in [5, 5.41) is 9.35. The van der Waals surface area contributed by atoms with Crippen LogP contribution in [0.15, 0.2) is 109 Å². The van der Waals surface area contributed by atoms with Crippen molar-refractivity contribution in [3.05, 3.63) is 126 Å². The lowest BCUT2D eigenvalue weighted by Crippen LogP contribution is -2.33. The van der Waals surface area contributed by atoms with Gasteiger partial charge in [-0.2, -0.15) is 0 Å². The molecule has 5 aromatic rings. The van der Waals surface area contributed by atoms with Crippen LogP contribution in [0.5, 0.6) is 0 Å². The first kappa shape index (κ1) is 24.8. The lowest BCUT2D eigenvalue weighted by Gasteiger charge is -2.29. The molecule has 1 fully saturated rings. The van der Waals surface area contributed by atoms with Crippen molar-refractivity contribution in [1.82, 2.24) is 19.8 Å². The summed E-state index contributed by atoms with van der Waals surface area (Å²) in [5.74, 6) is -0.0523. The first-order valence-corrected chi connectivity index (χ1v) is 13.5. The van der Waals surface area contributed by atoms with Gasteiger partial charge in [-0.25, -0.2) is 0 Å². The Bertz CT molecular complexity index is 1640. The molecule has 0 saturated carbocycles. The van der Waals surface area contributed by atoms with Crippen molar-refractivity contribution in [3.63, 3.8) is 0 Å². The summed E-state index contributed by atoms with van der Waals surface area (Å²) in [6, 6.07) is 32.2. The minimum Gasteiger partial charge on any atom is -0.352 e. The van der Waals surface area contributed by atoms with Gasteiger partial charge in [0, 0.05) is 47.8 Å². The van der Waals surface area contributed by atoms with E-state index < -0.39 is 0 Å². The number of para-hydroxylation sites is 1. The SMILES string of the molecule is Cc1ccccc1-n1cccc1[C@@H]1[C@H](c2ccccn2)NC(=S)N1CCC(=O)Nc1cccc2ccccc12. The normalized spacial score (nSPS) is 16.8. The predicted molar refractivity (Wildman–Crippen MR) is 160 cm³/mol. The Morgan fingerprint density at radius 2 is 1.74 bits per heavy atom. The number of hydrogen-bond acceptors (Lipinski definition) is 3. The zero-order valence-electron chi connectivity index (χ0n) is 21.6. The second-order valence-electron chi connectivity index (χ2n) is 9.73. The second-order valence-corrected chi connectivity index (χ2v) is 10.1. The number of pyridine rings is 1. The monoisotopic (exact) mass is 531 g/mol. The fourth-order valence-corrected chi connectivity index (χ4v) is 5.76. The number of fused-ring (bicyclic) bond motifs is 1. The molecule has 39 heavy (non-hydrogen) atoms. The fraction of sp³-hybridized carbons (Fsp3) is 0.156. The van der Waals surface area contributed by atoms with E-state index in [1.807, 2.05) is 66.7 Å². The van der Waals surface area contributed by atoms with Gasteiger partial charge in [0.1, 0.15) is 0 Å². The van der Waals surface area contributed by atoms with Crippen molar-refractivity contribution < 1.29 is 4.79 Å². The van der Waals surface area contributed by atoms with Crippen LogP contribution in [0.1, 0.15) is 35.5 Å². The Kier molecular flexibility index (Phi) is 6.82. The average molecular weight is 532 g/mol. The lowest BCUT2D eigenvalue weighted by atomic mass is 10.0. The van der Waals surface area contributed by atoms with Gasteiger partial charge in [-0.05, 0) is 66.5 Å². The molecule has 0 radical (unpaired) electrons. The average Bonchev–Trinajstić information content (AvgIpc) is 3.57. The zero-order valence-corrected chi connectivity index (χ0v) is 22.4. The molecular formula is C32H29N5OS. The molecule has 0 bridgehead atoms. The van der Waals surface area contributed by atoms with E-state index in [0.29, 0.717) is 18.1 Å². The maximum absolute atomic E-state index is 13.2. The third-order valence-corrected chi connectivity index (χ3v) is 7.65.